The van der Waals surface area contributed by atoms with Crippen molar-refractivity contribution in [2.45, 2.75) is 32.1 Å². The number of aryl methyl sites for hydroxylation is 1. The Labute approximate surface area is 212 Å². The van der Waals surface area contributed by atoms with E-state index in [1.54, 1.807) is 11.9 Å². The number of anilines is 1. The SMILES string of the molecule is C#C.C#C.C#C.C1CCNC1.COc1cc2nc(N)n3nc(CCCCN(C)C=O)nc3c2cc1F. The first-order valence-corrected chi connectivity index (χ1v) is 11.1. The molecule has 1 fully saturated rings. The summed E-state index contributed by atoms with van der Waals surface area (Å²) in [6.07, 6.45) is 29.9. The lowest BCUT2D eigenvalue weighted by molar-refractivity contribution is -0.117. The number of unbranched alkanes of at least 4 members (excludes halogenated alkanes) is 1. The summed E-state index contributed by atoms with van der Waals surface area (Å²) in [4.78, 5) is 20.9. The maximum Gasteiger partial charge on any atom is 0.223 e. The maximum absolute atomic E-state index is 14.0. The van der Waals surface area contributed by atoms with Crippen LogP contribution in [0.2, 0.25) is 0 Å². The second-order valence-corrected chi connectivity index (χ2v) is 7.24. The van der Waals surface area contributed by atoms with E-state index in [2.05, 4.69) is 58.9 Å². The fourth-order valence-electron chi connectivity index (χ4n) is 3.26. The summed E-state index contributed by atoms with van der Waals surface area (Å²) in [6.45, 7) is 3.18. The average molecular weight is 496 g/mol. The topological polar surface area (TPSA) is 111 Å². The largest absolute Gasteiger partial charge is 0.494 e. The van der Waals surface area contributed by atoms with E-state index < -0.39 is 5.82 Å². The molecule has 2 aromatic heterocycles. The molecule has 0 atom stereocenters. The van der Waals surface area contributed by atoms with Gasteiger partial charge in [-0.2, -0.15) is 4.52 Å². The van der Waals surface area contributed by atoms with Gasteiger partial charge in [-0.15, -0.1) is 43.6 Å². The molecule has 9 nitrogen and oxygen atoms in total. The van der Waals surface area contributed by atoms with Crippen LogP contribution in [0, 0.1) is 44.4 Å². The number of benzene rings is 1. The van der Waals surface area contributed by atoms with Crippen molar-refractivity contribution in [3.05, 3.63) is 23.8 Å². The zero-order chi connectivity index (χ0) is 27.5. The van der Waals surface area contributed by atoms with Gasteiger partial charge in [0.2, 0.25) is 12.4 Å². The van der Waals surface area contributed by atoms with Gasteiger partial charge in [-0.25, -0.2) is 14.4 Å². The number of amides is 1. The minimum absolute atomic E-state index is 0.0998. The quantitative estimate of drug-likeness (QED) is 0.294. The first kappa shape index (κ1) is 31.7. The third-order valence-electron chi connectivity index (χ3n) is 4.91. The van der Waals surface area contributed by atoms with E-state index in [0.717, 1.165) is 19.3 Å². The number of rotatable bonds is 7. The van der Waals surface area contributed by atoms with Crippen LogP contribution < -0.4 is 15.8 Å². The molecule has 1 aliphatic heterocycles. The van der Waals surface area contributed by atoms with Crippen LogP contribution in [-0.4, -0.2) is 64.7 Å². The van der Waals surface area contributed by atoms with E-state index in [4.69, 9.17) is 10.5 Å². The van der Waals surface area contributed by atoms with Crippen LogP contribution in [0.15, 0.2) is 12.1 Å². The number of nitrogen functional groups attached to an aromatic ring is 1. The summed E-state index contributed by atoms with van der Waals surface area (Å²) in [5.74, 6) is 0.384. The van der Waals surface area contributed by atoms with Crippen molar-refractivity contribution in [1.29, 1.82) is 0 Å². The van der Waals surface area contributed by atoms with Gasteiger partial charge in [0, 0.05) is 31.5 Å². The van der Waals surface area contributed by atoms with Gasteiger partial charge in [-0.3, -0.25) is 4.79 Å². The van der Waals surface area contributed by atoms with Crippen LogP contribution in [0.1, 0.15) is 31.5 Å². The number of carbonyl (C=O) groups is 1. The molecule has 0 bridgehead atoms. The Hall–Kier alpha value is -4.33. The summed E-state index contributed by atoms with van der Waals surface area (Å²) >= 11 is 0. The average Bonchev–Trinajstić information content (AvgIpc) is 3.64. The molecule has 0 aliphatic carbocycles. The van der Waals surface area contributed by atoms with Crippen LogP contribution in [-0.2, 0) is 11.2 Å². The number of fused-ring (bicyclic) bond motifs is 3. The zero-order valence-corrected chi connectivity index (χ0v) is 20.9. The lowest BCUT2D eigenvalue weighted by Crippen LogP contribution is -2.17. The summed E-state index contributed by atoms with van der Waals surface area (Å²) < 4.78 is 20.4. The van der Waals surface area contributed by atoms with Crippen LogP contribution in [0.4, 0.5) is 10.3 Å². The number of hydrogen-bond acceptors (Lipinski definition) is 7. The number of terminal acetylenes is 3. The van der Waals surface area contributed by atoms with Crippen molar-refractivity contribution in [1.82, 2.24) is 29.8 Å². The number of ether oxygens (including phenoxy) is 1. The third kappa shape index (κ3) is 9.13. The molecule has 4 rings (SSSR count). The van der Waals surface area contributed by atoms with Crippen molar-refractivity contribution < 1.29 is 13.9 Å². The highest BCUT2D eigenvalue weighted by molar-refractivity contribution is 5.93. The zero-order valence-electron chi connectivity index (χ0n) is 20.9. The highest BCUT2D eigenvalue weighted by Crippen LogP contribution is 2.27. The predicted molar refractivity (Wildman–Crippen MR) is 143 cm³/mol. The molecular weight excluding hydrogens is 461 g/mol. The number of nitrogens with zero attached hydrogens (tertiary/aromatic N) is 5. The van der Waals surface area contributed by atoms with E-state index in [9.17, 15) is 9.18 Å². The molecule has 1 aliphatic rings. The van der Waals surface area contributed by atoms with Crippen molar-refractivity contribution in [3.63, 3.8) is 0 Å². The van der Waals surface area contributed by atoms with Gasteiger partial charge < -0.3 is 20.7 Å². The number of nitrogens with two attached hydrogens (primary N) is 1. The Morgan fingerprint density at radius 3 is 2.31 bits per heavy atom. The smallest absolute Gasteiger partial charge is 0.223 e. The van der Waals surface area contributed by atoms with Crippen molar-refractivity contribution in [3.8, 4) is 44.3 Å². The molecule has 1 saturated heterocycles. The standard InChI is InChI=1S/C16H19FN6O2.C4H9N.3C2H2/c1-22(9-24)6-4-3-5-14-20-15-10-7-11(17)13(25-2)8-12(10)19-16(18)23(15)21-14;1-2-4-5-3-1;3*1-2/h7-9H,3-6H2,1-2H3,(H2,18,19);5H,1-4H2;3*1-2H. The molecule has 3 heterocycles. The number of carbonyl (C=O) groups excluding carboxylic acids is 1. The Kier molecular flexibility index (Phi) is 15.9. The van der Waals surface area contributed by atoms with Crippen molar-refractivity contribution >= 4 is 28.9 Å². The molecule has 1 aromatic carbocycles. The van der Waals surface area contributed by atoms with Gasteiger partial charge in [-0.05, 0) is 44.8 Å². The molecule has 0 spiro atoms. The first-order chi connectivity index (χ1) is 17.5. The van der Waals surface area contributed by atoms with Crippen LogP contribution in [0.5, 0.6) is 5.75 Å². The van der Waals surface area contributed by atoms with Gasteiger partial charge in [0.1, 0.15) is 0 Å². The van der Waals surface area contributed by atoms with Crippen LogP contribution >= 0.6 is 0 Å². The van der Waals surface area contributed by atoms with Gasteiger partial charge >= 0.3 is 0 Å². The van der Waals surface area contributed by atoms with E-state index in [-0.39, 0.29) is 11.7 Å². The second kappa shape index (κ2) is 18.1. The monoisotopic (exact) mass is 495 g/mol. The van der Waals surface area contributed by atoms with Gasteiger partial charge in [0.15, 0.2) is 23.0 Å². The molecular formula is C26H34FN7O2. The van der Waals surface area contributed by atoms with Gasteiger partial charge in [0.05, 0.1) is 12.6 Å². The summed E-state index contributed by atoms with van der Waals surface area (Å²) in [7, 11) is 3.13. The lowest BCUT2D eigenvalue weighted by Gasteiger charge is -2.08. The van der Waals surface area contributed by atoms with Gasteiger partial charge in [0.25, 0.3) is 0 Å². The fourth-order valence-corrected chi connectivity index (χ4v) is 3.26. The van der Waals surface area contributed by atoms with Crippen molar-refractivity contribution in [2.75, 3.05) is 39.5 Å². The number of halogens is 1. The summed E-state index contributed by atoms with van der Waals surface area (Å²) in [5, 5.41) is 8.10. The third-order valence-corrected chi connectivity index (χ3v) is 4.91. The lowest BCUT2D eigenvalue weighted by atomic mass is 10.2. The molecule has 192 valence electrons. The Morgan fingerprint density at radius 1 is 1.14 bits per heavy atom. The first-order valence-electron chi connectivity index (χ1n) is 11.1. The van der Waals surface area contributed by atoms with Crippen LogP contribution in [0.3, 0.4) is 0 Å². The van der Waals surface area contributed by atoms with Crippen LogP contribution in [0.25, 0.3) is 16.6 Å². The molecule has 3 N–H and O–H groups in total. The fraction of sp³-hybridized carbons (Fsp3) is 0.385. The summed E-state index contributed by atoms with van der Waals surface area (Å²) in [5.41, 5.74) is 6.90. The molecule has 36 heavy (non-hydrogen) atoms. The molecule has 3 aromatic rings. The normalized spacial score (nSPS) is 11.2. The number of hydrogen-bond donors (Lipinski definition) is 2. The highest BCUT2D eigenvalue weighted by atomic mass is 19.1. The maximum atomic E-state index is 14.0. The minimum atomic E-state index is -0.495. The Bertz CT molecular complexity index is 1110. The molecule has 0 unspecified atom stereocenters. The minimum Gasteiger partial charge on any atom is -0.494 e. The molecule has 0 radical (unpaired) electrons. The van der Waals surface area contributed by atoms with E-state index in [1.807, 2.05) is 0 Å². The number of methoxy groups -OCH3 is 1. The highest BCUT2D eigenvalue weighted by Gasteiger charge is 2.15. The molecule has 0 saturated carbocycles. The second-order valence-electron chi connectivity index (χ2n) is 7.24. The van der Waals surface area contributed by atoms with E-state index in [0.29, 0.717) is 35.3 Å². The summed E-state index contributed by atoms with van der Waals surface area (Å²) in [6, 6.07) is 2.82. The number of nitrogens with one attached hydrogen (secondary N) is 1. The van der Waals surface area contributed by atoms with E-state index >= 15 is 0 Å². The van der Waals surface area contributed by atoms with Gasteiger partial charge in [-0.1, -0.05) is 0 Å². The predicted octanol–water partition coefficient (Wildman–Crippen LogP) is 2.54. The number of aromatic nitrogens is 4. The van der Waals surface area contributed by atoms with E-state index in [1.165, 1.54) is 49.7 Å². The Morgan fingerprint density at radius 2 is 1.78 bits per heavy atom. The Balaban J connectivity index is 0.000000946. The molecule has 10 heteroatoms. The van der Waals surface area contributed by atoms with Crippen molar-refractivity contribution in [2.24, 2.45) is 0 Å². The molecule has 1 amide bonds.